The second kappa shape index (κ2) is 10.8. The van der Waals surface area contributed by atoms with E-state index in [1.807, 2.05) is 6.07 Å². The minimum absolute atomic E-state index is 0.0610. The van der Waals surface area contributed by atoms with Gasteiger partial charge >= 0.3 is 0 Å². The van der Waals surface area contributed by atoms with Crippen LogP contribution in [0.2, 0.25) is 0 Å². The van der Waals surface area contributed by atoms with E-state index in [0.717, 1.165) is 0 Å². The van der Waals surface area contributed by atoms with Gasteiger partial charge in [-0.05, 0) is 37.0 Å². The maximum Gasteiger partial charge on any atom is 0.254 e. The molecule has 0 radical (unpaired) electrons. The van der Waals surface area contributed by atoms with Gasteiger partial charge in [-0.3, -0.25) is 4.79 Å². The molecule has 3 N–H and O–H groups in total. The number of halogens is 1. The summed E-state index contributed by atoms with van der Waals surface area (Å²) in [6, 6.07) is 14.1. The molecule has 1 amide bonds. The first-order valence-corrected chi connectivity index (χ1v) is 11.9. The van der Waals surface area contributed by atoms with Crippen LogP contribution >= 0.6 is 0 Å². The molecular formula is C22H27FN2O5S. The summed E-state index contributed by atoms with van der Waals surface area (Å²) in [5.41, 5.74) is 0.645. The Morgan fingerprint density at radius 2 is 1.81 bits per heavy atom. The van der Waals surface area contributed by atoms with Crippen LogP contribution in [0.5, 0.6) is 0 Å². The van der Waals surface area contributed by atoms with Gasteiger partial charge in [0.15, 0.2) is 0 Å². The Labute approximate surface area is 181 Å². The number of carbonyl (C=O) groups excluding carboxylic acids is 1. The summed E-state index contributed by atoms with van der Waals surface area (Å²) in [7, 11) is -3.46. The van der Waals surface area contributed by atoms with Crippen LogP contribution in [-0.2, 0) is 20.5 Å². The fourth-order valence-electron chi connectivity index (χ4n) is 3.62. The summed E-state index contributed by atoms with van der Waals surface area (Å²) in [5.74, 6) is -1.27. The Hall–Kier alpha value is -2.33. The topological polar surface area (TPSA) is 105 Å². The van der Waals surface area contributed by atoms with Crippen molar-refractivity contribution in [1.29, 1.82) is 0 Å². The van der Waals surface area contributed by atoms with Gasteiger partial charge in [-0.25, -0.2) is 17.5 Å². The number of aliphatic hydroxyl groups is 1. The van der Waals surface area contributed by atoms with Gasteiger partial charge < -0.3 is 15.2 Å². The van der Waals surface area contributed by atoms with E-state index < -0.39 is 33.9 Å². The molecule has 3 rings (SSSR count). The second-order valence-electron chi connectivity index (χ2n) is 7.54. The van der Waals surface area contributed by atoms with E-state index >= 15 is 0 Å². The maximum atomic E-state index is 13.8. The van der Waals surface area contributed by atoms with Gasteiger partial charge in [-0.15, -0.1) is 0 Å². The molecule has 7 nitrogen and oxygen atoms in total. The van der Waals surface area contributed by atoms with Crippen molar-refractivity contribution in [3.63, 3.8) is 0 Å². The average Bonchev–Trinajstić information content (AvgIpc) is 2.75. The third-order valence-electron chi connectivity index (χ3n) is 5.22. The summed E-state index contributed by atoms with van der Waals surface area (Å²) in [6.07, 6.45) is 0.665. The van der Waals surface area contributed by atoms with E-state index in [2.05, 4.69) is 10.0 Å². The quantitative estimate of drug-likeness (QED) is 0.542. The molecule has 9 heteroatoms. The molecule has 0 aromatic heterocycles. The predicted octanol–water partition coefficient (Wildman–Crippen LogP) is 1.97. The van der Waals surface area contributed by atoms with Crippen molar-refractivity contribution in [2.24, 2.45) is 0 Å². The van der Waals surface area contributed by atoms with Crippen molar-refractivity contribution >= 4 is 15.9 Å². The summed E-state index contributed by atoms with van der Waals surface area (Å²) in [5, 5.41) is 12.4. The minimum atomic E-state index is -3.46. The molecule has 3 atom stereocenters. The largest absolute Gasteiger partial charge is 0.394 e. The van der Waals surface area contributed by atoms with Gasteiger partial charge in [0, 0.05) is 6.54 Å². The first-order chi connectivity index (χ1) is 14.9. The van der Waals surface area contributed by atoms with Crippen LogP contribution in [0.4, 0.5) is 4.39 Å². The second-order valence-corrected chi connectivity index (χ2v) is 9.35. The Bertz CT molecular complexity index is 971. The first kappa shape index (κ1) is 23.3. The highest BCUT2D eigenvalue weighted by atomic mass is 32.2. The molecule has 31 heavy (non-hydrogen) atoms. The number of hydrogen-bond acceptors (Lipinski definition) is 5. The fourth-order valence-corrected chi connectivity index (χ4v) is 4.78. The van der Waals surface area contributed by atoms with Crippen molar-refractivity contribution in [3.05, 3.63) is 71.5 Å². The molecule has 1 aliphatic heterocycles. The summed E-state index contributed by atoms with van der Waals surface area (Å²) in [6.45, 7) is -0.0946. The van der Waals surface area contributed by atoms with Gasteiger partial charge in [-0.2, -0.15) is 0 Å². The van der Waals surface area contributed by atoms with Crippen LogP contribution in [-0.4, -0.2) is 50.8 Å². The van der Waals surface area contributed by atoms with Crippen molar-refractivity contribution in [3.8, 4) is 0 Å². The summed E-state index contributed by atoms with van der Waals surface area (Å²) >= 11 is 0. The van der Waals surface area contributed by atoms with Gasteiger partial charge in [0.25, 0.3) is 5.91 Å². The Morgan fingerprint density at radius 3 is 2.52 bits per heavy atom. The lowest BCUT2D eigenvalue weighted by Crippen LogP contribution is -2.51. The maximum absolute atomic E-state index is 13.8. The molecule has 0 saturated carbocycles. The molecule has 2 aromatic carbocycles. The van der Waals surface area contributed by atoms with E-state index in [9.17, 15) is 22.7 Å². The van der Waals surface area contributed by atoms with Gasteiger partial charge in [-0.1, -0.05) is 42.5 Å². The highest BCUT2D eigenvalue weighted by Crippen LogP contribution is 2.22. The predicted molar refractivity (Wildman–Crippen MR) is 114 cm³/mol. The molecule has 1 heterocycles. The van der Waals surface area contributed by atoms with Crippen molar-refractivity contribution in [2.45, 2.75) is 43.3 Å². The number of hydrogen-bond donors (Lipinski definition) is 3. The number of amides is 1. The zero-order valence-electron chi connectivity index (χ0n) is 17.0. The first-order valence-electron chi connectivity index (χ1n) is 10.2. The highest BCUT2D eigenvalue weighted by molar-refractivity contribution is 7.88. The molecule has 0 unspecified atom stereocenters. The highest BCUT2D eigenvalue weighted by Gasteiger charge is 2.32. The van der Waals surface area contributed by atoms with E-state index in [0.29, 0.717) is 24.8 Å². The molecule has 1 saturated heterocycles. The van der Waals surface area contributed by atoms with E-state index in [-0.39, 0.29) is 30.6 Å². The number of benzene rings is 2. The van der Waals surface area contributed by atoms with E-state index in [1.54, 1.807) is 30.3 Å². The number of aliphatic hydroxyl groups excluding tert-OH is 1. The number of nitrogens with one attached hydrogen (secondary N) is 2. The van der Waals surface area contributed by atoms with Crippen molar-refractivity contribution < 1.29 is 27.4 Å². The number of sulfonamides is 1. The SMILES string of the molecule is O=C(N[C@@H]1CC[C@@H](CCNS(=O)(=O)Cc2ccccc2)O[C@@H]1CO)c1ccccc1F. The normalized spacial score (nSPS) is 21.5. The standard InChI is InChI=1S/C22H27FN2O5S/c23-19-9-5-4-8-18(19)22(27)25-20-11-10-17(30-21(20)14-26)12-13-24-31(28,29)15-16-6-2-1-3-7-16/h1-9,17,20-21,24,26H,10-15H2,(H,25,27)/t17-,20+,21+/m0/s1. The number of carbonyl (C=O) groups is 1. The van der Waals surface area contributed by atoms with Gasteiger partial charge in [0.1, 0.15) is 11.9 Å². The lowest BCUT2D eigenvalue weighted by atomic mass is 9.96. The molecule has 0 aliphatic carbocycles. The van der Waals surface area contributed by atoms with Crippen LogP contribution in [0.3, 0.4) is 0 Å². The monoisotopic (exact) mass is 450 g/mol. The van der Waals surface area contributed by atoms with Crippen LogP contribution in [0.25, 0.3) is 0 Å². The van der Waals surface area contributed by atoms with Crippen LogP contribution in [0, 0.1) is 5.82 Å². The molecule has 0 bridgehead atoms. The van der Waals surface area contributed by atoms with Crippen molar-refractivity contribution in [2.75, 3.05) is 13.2 Å². The van der Waals surface area contributed by atoms with Crippen LogP contribution in [0.1, 0.15) is 35.2 Å². The fraction of sp³-hybridized carbons (Fsp3) is 0.409. The number of rotatable bonds is 9. The molecule has 168 valence electrons. The third-order valence-corrected chi connectivity index (χ3v) is 6.58. The van der Waals surface area contributed by atoms with E-state index in [4.69, 9.17) is 4.74 Å². The molecule has 2 aromatic rings. The van der Waals surface area contributed by atoms with Gasteiger partial charge in [0.2, 0.25) is 10.0 Å². The van der Waals surface area contributed by atoms with Crippen molar-refractivity contribution in [1.82, 2.24) is 10.0 Å². The van der Waals surface area contributed by atoms with Crippen LogP contribution in [0.15, 0.2) is 54.6 Å². The Morgan fingerprint density at radius 1 is 1.10 bits per heavy atom. The van der Waals surface area contributed by atoms with Crippen LogP contribution < -0.4 is 10.0 Å². The lowest BCUT2D eigenvalue weighted by molar-refractivity contribution is -0.0891. The minimum Gasteiger partial charge on any atom is -0.394 e. The zero-order valence-corrected chi connectivity index (χ0v) is 17.9. The smallest absolute Gasteiger partial charge is 0.254 e. The third kappa shape index (κ3) is 6.83. The summed E-state index contributed by atoms with van der Waals surface area (Å²) in [4.78, 5) is 12.3. The Balaban J connectivity index is 1.47. The average molecular weight is 451 g/mol. The van der Waals surface area contributed by atoms with E-state index in [1.165, 1.54) is 18.2 Å². The molecule has 1 fully saturated rings. The zero-order chi connectivity index (χ0) is 22.3. The molecular weight excluding hydrogens is 423 g/mol. The Kier molecular flexibility index (Phi) is 8.14. The molecule has 1 aliphatic rings. The lowest BCUT2D eigenvalue weighted by Gasteiger charge is -2.36. The number of ether oxygens (including phenoxy) is 1. The van der Waals surface area contributed by atoms with Gasteiger partial charge in [0.05, 0.1) is 30.1 Å². The molecule has 0 spiro atoms. The summed E-state index contributed by atoms with van der Waals surface area (Å²) < 4.78 is 46.7.